The molecule has 0 bridgehead atoms. The molecule has 0 unspecified atom stereocenters. The van der Waals surface area contributed by atoms with Gasteiger partial charge >= 0.3 is 5.97 Å². The van der Waals surface area contributed by atoms with Gasteiger partial charge in [-0.15, -0.1) is 0 Å². The van der Waals surface area contributed by atoms with E-state index in [2.05, 4.69) is 20.3 Å². The Bertz CT molecular complexity index is 1320. The first-order chi connectivity index (χ1) is 16.4. The number of carbonyl (C=O) groups excluding carboxylic acids is 2. The highest BCUT2D eigenvalue weighted by atomic mass is 35.5. The SMILES string of the molecule is COC(=O)c1nc(Cl)ccc1N[C@H](C)c1cc(F)cc2nc3c(nc12)N1C(=O)COC[C@H]1CO3. The number of pyridine rings is 1. The molecule has 1 fully saturated rings. The number of amides is 1. The average molecular weight is 488 g/mol. The Morgan fingerprint density at radius 1 is 1.29 bits per heavy atom. The van der Waals surface area contributed by atoms with E-state index in [4.69, 9.17) is 25.8 Å². The maximum Gasteiger partial charge on any atom is 0.358 e. The first-order valence-corrected chi connectivity index (χ1v) is 10.8. The lowest BCUT2D eigenvalue weighted by Crippen LogP contribution is -2.54. The number of methoxy groups -OCH3 is 1. The molecule has 2 aliphatic rings. The second kappa shape index (κ2) is 8.65. The number of anilines is 2. The molecule has 2 atom stereocenters. The van der Waals surface area contributed by atoms with Gasteiger partial charge in [0.15, 0.2) is 11.5 Å². The number of hydrogen-bond acceptors (Lipinski definition) is 9. The standard InChI is InChI=1S/C22H19ClFN5O5/c1-10(25-14-3-4-16(23)27-19(14)22(31)32-2)13-5-11(24)6-15-18(13)28-20-21(26-15)34-8-12-7-33-9-17(30)29(12)20/h3-6,10,12,25H,7-9H2,1-2H3/t10-,12+/m1/s1. The molecule has 5 rings (SSSR count). The number of nitrogens with one attached hydrogen (secondary N) is 1. The van der Waals surface area contributed by atoms with Gasteiger partial charge in [-0.1, -0.05) is 11.6 Å². The summed E-state index contributed by atoms with van der Waals surface area (Å²) in [4.78, 5) is 39.4. The number of fused-ring (bicyclic) bond motifs is 4. The summed E-state index contributed by atoms with van der Waals surface area (Å²) in [6.07, 6.45) is 0. The lowest BCUT2D eigenvalue weighted by atomic mass is 10.0. The summed E-state index contributed by atoms with van der Waals surface area (Å²) in [5.74, 6) is -1.03. The molecule has 1 saturated heterocycles. The number of morpholine rings is 1. The van der Waals surface area contributed by atoms with E-state index in [-0.39, 0.29) is 53.2 Å². The fourth-order valence-corrected chi connectivity index (χ4v) is 4.19. The number of esters is 1. The third kappa shape index (κ3) is 3.86. The van der Waals surface area contributed by atoms with Gasteiger partial charge in [-0.05, 0) is 25.1 Å². The molecule has 0 radical (unpaired) electrons. The van der Waals surface area contributed by atoms with E-state index in [9.17, 15) is 14.0 Å². The largest absolute Gasteiger partial charge is 0.473 e. The van der Waals surface area contributed by atoms with E-state index in [1.165, 1.54) is 30.2 Å². The highest BCUT2D eigenvalue weighted by molar-refractivity contribution is 6.29. The van der Waals surface area contributed by atoms with Crippen LogP contribution in [0.25, 0.3) is 11.0 Å². The van der Waals surface area contributed by atoms with Crippen LogP contribution < -0.4 is 15.0 Å². The molecule has 2 aromatic heterocycles. The smallest absolute Gasteiger partial charge is 0.358 e. The van der Waals surface area contributed by atoms with Gasteiger partial charge in [0.2, 0.25) is 0 Å². The van der Waals surface area contributed by atoms with E-state index in [1.807, 2.05) is 0 Å². The second-order valence-corrected chi connectivity index (χ2v) is 8.23. The quantitative estimate of drug-likeness (QED) is 0.438. The lowest BCUT2D eigenvalue weighted by molar-refractivity contribution is -0.128. The zero-order chi connectivity index (χ0) is 24.0. The summed E-state index contributed by atoms with van der Waals surface area (Å²) in [7, 11) is 1.24. The normalized spacial score (nSPS) is 18.1. The summed E-state index contributed by atoms with van der Waals surface area (Å²) in [5.41, 5.74) is 1.44. The highest BCUT2D eigenvalue weighted by Gasteiger charge is 2.38. The summed E-state index contributed by atoms with van der Waals surface area (Å²) < 4.78 is 30.3. The van der Waals surface area contributed by atoms with Gasteiger partial charge in [0.25, 0.3) is 11.8 Å². The Labute approximate surface area is 198 Å². The van der Waals surface area contributed by atoms with Crippen LogP contribution in [-0.2, 0) is 14.3 Å². The van der Waals surface area contributed by atoms with E-state index in [0.29, 0.717) is 23.4 Å². The molecule has 0 saturated carbocycles. The summed E-state index contributed by atoms with van der Waals surface area (Å²) >= 11 is 5.94. The van der Waals surface area contributed by atoms with Crippen LogP contribution in [0.3, 0.4) is 0 Å². The lowest BCUT2D eigenvalue weighted by Gasteiger charge is -2.38. The first kappa shape index (κ1) is 22.2. The van der Waals surface area contributed by atoms with Crippen LogP contribution in [0.4, 0.5) is 15.9 Å². The van der Waals surface area contributed by atoms with Crippen molar-refractivity contribution in [3.8, 4) is 5.88 Å². The van der Waals surface area contributed by atoms with Crippen LogP contribution in [-0.4, -0.2) is 59.8 Å². The molecule has 0 spiro atoms. The number of benzene rings is 1. The third-order valence-corrected chi connectivity index (χ3v) is 5.81. The van der Waals surface area contributed by atoms with E-state index in [0.717, 1.165) is 0 Å². The van der Waals surface area contributed by atoms with Crippen molar-refractivity contribution in [1.82, 2.24) is 15.0 Å². The number of hydrogen-bond donors (Lipinski definition) is 1. The van der Waals surface area contributed by atoms with Gasteiger partial charge in [-0.3, -0.25) is 9.69 Å². The molecule has 3 aromatic rings. The zero-order valence-corrected chi connectivity index (χ0v) is 18.9. The van der Waals surface area contributed by atoms with Crippen molar-refractivity contribution in [2.24, 2.45) is 0 Å². The minimum atomic E-state index is -0.677. The van der Waals surface area contributed by atoms with Crippen molar-refractivity contribution in [1.29, 1.82) is 0 Å². The number of rotatable bonds is 4. The Kier molecular flexibility index (Phi) is 5.66. The number of carbonyl (C=O) groups is 2. The van der Waals surface area contributed by atoms with Gasteiger partial charge in [-0.2, -0.15) is 0 Å². The van der Waals surface area contributed by atoms with Gasteiger partial charge < -0.3 is 19.5 Å². The van der Waals surface area contributed by atoms with Crippen molar-refractivity contribution in [3.05, 3.63) is 46.5 Å². The van der Waals surface area contributed by atoms with Gasteiger partial charge in [0.05, 0.1) is 42.5 Å². The molecule has 0 aliphatic carbocycles. The first-order valence-electron chi connectivity index (χ1n) is 10.4. The molecule has 176 valence electrons. The monoisotopic (exact) mass is 487 g/mol. The van der Waals surface area contributed by atoms with Gasteiger partial charge in [-0.25, -0.2) is 24.1 Å². The van der Waals surface area contributed by atoms with Crippen LogP contribution in [0, 0.1) is 5.82 Å². The molecule has 1 amide bonds. The zero-order valence-electron chi connectivity index (χ0n) is 18.2. The van der Waals surface area contributed by atoms with Crippen molar-refractivity contribution in [3.63, 3.8) is 0 Å². The molecular formula is C22H19ClFN5O5. The van der Waals surface area contributed by atoms with Gasteiger partial charge in [0, 0.05) is 11.6 Å². The van der Waals surface area contributed by atoms with Crippen LogP contribution in [0.1, 0.15) is 29.0 Å². The molecular weight excluding hydrogens is 469 g/mol. The van der Waals surface area contributed by atoms with Crippen molar-refractivity contribution in [2.75, 3.05) is 37.1 Å². The molecule has 1 N–H and O–H groups in total. The average Bonchev–Trinajstić information content (AvgIpc) is 2.82. The summed E-state index contributed by atoms with van der Waals surface area (Å²) in [5, 5.41) is 3.27. The molecule has 2 aliphatic heterocycles. The minimum Gasteiger partial charge on any atom is -0.473 e. The Balaban J connectivity index is 1.58. The van der Waals surface area contributed by atoms with Crippen LogP contribution in [0.5, 0.6) is 5.88 Å². The summed E-state index contributed by atoms with van der Waals surface area (Å²) in [6, 6.07) is 4.81. The predicted octanol–water partition coefficient (Wildman–Crippen LogP) is 2.90. The van der Waals surface area contributed by atoms with Crippen molar-refractivity contribution >= 4 is 46.0 Å². The fourth-order valence-electron chi connectivity index (χ4n) is 4.04. The number of aromatic nitrogens is 3. The molecule has 10 nitrogen and oxygen atoms in total. The summed E-state index contributed by atoms with van der Waals surface area (Å²) in [6.45, 7) is 2.23. The minimum absolute atomic E-state index is 0.0128. The number of nitrogens with zero attached hydrogens (tertiary/aromatic N) is 4. The topological polar surface area (TPSA) is 116 Å². The second-order valence-electron chi connectivity index (χ2n) is 7.85. The van der Waals surface area contributed by atoms with Crippen molar-refractivity contribution in [2.45, 2.75) is 19.0 Å². The fraction of sp³-hybridized carbons (Fsp3) is 0.318. The number of halogens is 2. The Morgan fingerprint density at radius 3 is 2.91 bits per heavy atom. The third-order valence-electron chi connectivity index (χ3n) is 5.60. The van der Waals surface area contributed by atoms with Gasteiger partial charge in [0.1, 0.15) is 24.2 Å². The molecule has 1 aromatic carbocycles. The predicted molar refractivity (Wildman–Crippen MR) is 120 cm³/mol. The van der Waals surface area contributed by atoms with E-state index >= 15 is 0 Å². The molecule has 12 heteroatoms. The van der Waals surface area contributed by atoms with Crippen LogP contribution in [0.2, 0.25) is 5.15 Å². The van der Waals surface area contributed by atoms with E-state index in [1.54, 1.807) is 13.0 Å². The number of ether oxygens (including phenoxy) is 3. The maximum atomic E-state index is 14.6. The van der Waals surface area contributed by atoms with E-state index < -0.39 is 17.8 Å². The van der Waals surface area contributed by atoms with Crippen LogP contribution in [0.15, 0.2) is 24.3 Å². The highest BCUT2D eigenvalue weighted by Crippen LogP contribution is 2.36. The molecule has 4 heterocycles. The molecule has 34 heavy (non-hydrogen) atoms. The maximum absolute atomic E-state index is 14.6. The Morgan fingerprint density at radius 2 is 2.12 bits per heavy atom. The van der Waals surface area contributed by atoms with Crippen LogP contribution >= 0.6 is 11.6 Å². The van der Waals surface area contributed by atoms with Crippen molar-refractivity contribution < 1.29 is 28.2 Å². The Hall–Kier alpha value is -3.57.